The average molecular weight is 486 g/mol. The number of hydrogen-bond donors (Lipinski definition) is 3. The highest BCUT2D eigenvalue weighted by atomic mass is 16.6. The molecule has 0 aliphatic heterocycles. The van der Waals surface area contributed by atoms with Crippen molar-refractivity contribution in [2.24, 2.45) is 29.4 Å². The van der Waals surface area contributed by atoms with Crippen LogP contribution in [0.3, 0.4) is 0 Å². The first-order valence-corrected chi connectivity index (χ1v) is 12.7. The fourth-order valence-corrected chi connectivity index (χ4v) is 6.80. The Balaban J connectivity index is 1.52. The normalized spacial score (nSPS) is 29.5. The summed E-state index contributed by atoms with van der Waals surface area (Å²) in [5, 5.41) is 10.7. The van der Waals surface area contributed by atoms with E-state index in [9.17, 15) is 14.4 Å². The summed E-state index contributed by atoms with van der Waals surface area (Å²) < 4.78 is 7.35. The van der Waals surface area contributed by atoms with Crippen molar-refractivity contribution in [2.45, 2.75) is 90.3 Å². The van der Waals surface area contributed by atoms with E-state index in [0.717, 1.165) is 37.8 Å². The van der Waals surface area contributed by atoms with Gasteiger partial charge in [-0.25, -0.2) is 9.48 Å². The molecule has 0 aromatic carbocycles. The average Bonchev–Trinajstić information content (AvgIpc) is 3.08. The van der Waals surface area contributed by atoms with Crippen LogP contribution < -0.4 is 16.4 Å². The third-order valence-corrected chi connectivity index (χ3v) is 7.71. The smallest absolute Gasteiger partial charge is 0.405 e. The molecule has 2 unspecified atom stereocenters. The number of aromatic nitrogens is 2. The quantitative estimate of drug-likeness (QED) is 0.521. The van der Waals surface area contributed by atoms with Crippen LogP contribution in [0.1, 0.15) is 82.8 Å². The Morgan fingerprint density at radius 1 is 1.26 bits per heavy atom. The Morgan fingerprint density at radius 3 is 2.49 bits per heavy atom. The molecular weight excluding hydrogens is 446 g/mol. The van der Waals surface area contributed by atoms with Gasteiger partial charge >= 0.3 is 6.09 Å². The maximum Gasteiger partial charge on any atom is 0.405 e. The number of hydrogen-bond acceptors (Lipinski definition) is 5. The van der Waals surface area contributed by atoms with Gasteiger partial charge in [0.2, 0.25) is 5.91 Å². The standard InChI is InChI=1S/C26H39N5O4/c1-15(2)8-21-20(14-28-31(21)7-6-25(4,5)30-16(3)32)23(33)29-22-18-9-17-10-19(22)13-26(11-17,12-18)35-24(27)34/h6-7,14-15,17-19,22H,8-13H2,1-5H3,(H2,27,34)(H,29,33)(H,30,32)/b7-6+. The van der Waals surface area contributed by atoms with Gasteiger partial charge in [-0.2, -0.15) is 5.10 Å². The molecular formula is C26H39N5O4. The van der Waals surface area contributed by atoms with Crippen LogP contribution in [0.15, 0.2) is 12.3 Å². The van der Waals surface area contributed by atoms with Gasteiger partial charge in [0.15, 0.2) is 0 Å². The fourth-order valence-electron chi connectivity index (χ4n) is 6.80. The minimum Gasteiger partial charge on any atom is -0.443 e. The van der Waals surface area contributed by atoms with Crippen molar-refractivity contribution in [2.75, 3.05) is 0 Å². The third-order valence-electron chi connectivity index (χ3n) is 7.71. The summed E-state index contributed by atoms with van der Waals surface area (Å²) in [7, 11) is 0. The van der Waals surface area contributed by atoms with E-state index in [1.54, 1.807) is 10.9 Å². The van der Waals surface area contributed by atoms with Gasteiger partial charge in [0, 0.05) is 19.2 Å². The van der Waals surface area contributed by atoms with Gasteiger partial charge < -0.3 is 21.1 Å². The largest absolute Gasteiger partial charge is 0.443 e. The Kier molecular flexibility index (Phi) is 6.72. The highest BCUT2D eigenvalue weighted by Gasteiger charge is 2.57. The summed E-state index contributed by atoms with van der Waals surface area (Å²) in [5.41, 5.74) is 5.81. The molecule has 4 saturated carbocycles. The lowest BCUT2D eigenvalue weighted by Gasteiger charge is -2.58. The van der Waals surface area contributed by atoms with Crippen molar-refractivity contribution in [1.29, 1.82) is 0 Å². The third kappa shape index (κ3) is 5.54. The SMILES string of the molecule is CC(=O)NC(C)(C)/C=C/n1ncc(C(=O)NC2C3CC4CC2CC(OC(N)=O)(C4)C3)c1CC(C)C. The first kappa shape index (κ1) is 25.3. The second kappa shape index (κ2) is 9.32. The van der Waals surface area contributed by atoms with Gasteiger partial charge in [0.1, 0.15) is 5.60 Å². The Morgan fingerprint density at radius 2 is 1.91 bits per heavy atom. The van der Waals surface area contributed by atoms with E-state index in [2.05, 4.69) is 29.6 Å². The van der Waals surface area contributed by atoms with E-state index >= 15 is 0 Å². The maximum absolute atomic E-state index is 13.5. The molecule has 35 heavy (non-hydrogen) atoms. The molecule has 4 N–H and O–H groups in total. The van der Waals surface area contributed by atoms with Crippen LogP contribution in [-0.2, 0) is 16.0 Å². The lowest BCUT2D eigenvalue weighted by atomic mass is 9.52. The van der Waals surface area contributed by atoms with Crippen LogP contribution in [0.25, 0.3) is 6.20 Å². The zero-order chi connectivity index (χ0) is 25.5. The van der Waals surface area contributed by atoms with Crippen LogP contribution in [0.5, 0.6) is 0 Å². The maximum atomic E-state index is 13.5. The molecule has 2 atom stereocenters. The van der Waals surface area contributed by atoms with E-state index in [-0.39, 0.29) is 29.7 Å². The Labute approximate surface area is 207 Å². The van der Waals surface area contributed by atoms with Crippen LogP contribution in [0, 0.1) is 23.7 Å². The molecule has 1 aromatic heterocycles. The van der Waals surface area contributed by atoms with E-state index in [1.807, 2.05) is 26.1 Å². The van der Waals surface area contributed by atoms with Gasteiger partial charge in [-0.05, 0) is 82.1 Å². The molecule has 5 rings (SSSR count). The number of ether oxygens (including phenoxy) is 1. The molecule has 9 nitrogen and oxygen atoms in total. The molecule has 1 heterocycles. The fraction of sp³-hybridized carbons (Fsp3) is 0.692. The van der Waals surface area contributed by atoms with Gasteiger partial charge in [0.25, 0.3) is 5.91 Å². The van der Waals surface area contributed by atoms with Crippen molar-refractivity contribution in [3.05, 3.63) is 23.5 Å². The highest BCUT2D eigenvalue weighted by molar-refractivity contribution is 5.95. The molecule has 4 aliphatic carbocycles. The van der Waals surface area contributed by atoms with Crippen LogP contribution >= 0.6 is 0 Å². The molecule has 192 valence electrons. The van der Waals surface area contributed by atoms with Crippen LogP contribution in [-0.4, -0.2) is 44.9 Å². The molecule has 4 aliphatic rings. The lowest BCUT2D eigenvalue weighted by Crippen LogP contribution is -2.63. The van der Waals surface area contributed by atoms with Gasteiger partial charge in [-0.1, -0.05) is 13.8 Å². The van der Waals surface area contributed by atoms with E-state index in [1.165, 1.54) is 6.92 Å². The van der Waals surface area contributed by atoms with Crippen molar-refractivity contribution in [3.8, 4) is 0 Å². The summed E-state index contributed by atoms with van der Waals surface area (Å²) in [6.45, 7) is 9.53. The zero-order valence-electron chi connectivity index (χ0n) is 21.5. The second-order valence-electron chi connectivity index (χ2n) is 11.8. The summed E-state index contributed by atoms with van der Waals surface area (Å²) in [5.74, 6) is 1.21. The van der Waals surface area contributed by atoms with Crippen molar-refractivity contribution in [3.63, 3.8) is 0 Å². The number of nitrogens with one attached hydrogen (secondary N) is 2. The van der Waals surface area contributed by atoms with E-state index < -0.39 is 17.2 Å². The number of nitrogens with zero attached hydrogens (tertiary/aromatic N) is 2. The van der Waals surface area contributed by atoms with Gasteiger partial charge in [-0.3, -0.25) is 9.59 Å². The topological polar surface area (TPSA) is 128 Å². The number of nitrogens with two attached hydrogens (primary N) is 1. The summed E-state index contributed by atoms with van der Waals surface area (Å²) in [6, 6.07) is 0.0631. The summed E-state index contributed by atoms with van der Waals surface area (Å²) in [4.78, 5) is 36.5. The molecule has 1 aromatic rings. The minimum absolute atomic E-state index is 0.0631. The van der Waals surface area contributed by atoms with Crippen molar-refractivity contribution in [1.82, 2.24) is 20.4 Å². The lowest BCUT2D eigenvalue weighted by molar-refractivity contribution is -0.137. The van der Waals surface area contributed by atoms with E-state index in [4.69, 9.17) is 10.5 Å². The Bertz CT molecular complexity index is 1010. The molecule has 9 heteroatoms. The summed E-state index contributed by atoms with van der Waals surface area (Å²) >= 11 is 0. The number of carbonyl (C=O) groups excluding carboxylic acids is 3. The van der Waals surface area contributed by atoms with Crippen molar-refractivity contribution < 1.29 is 19.1 Å². The predicted octanol–water partition coefficient (Wildman–Crippen LogP) is 3.24. The summed E-state index contributed by atoms with van der Waals surface area (Å²) in [6.07, 6.45) is 9.82. The number of primary amides is 1. The minimum atomic E-state index is -0.701. The predicted molar refractivity (Wildman–Crippen MR) is 132 cm³/mol. The van der Waals surface area contributed by atoms with E-state index in [0.29, 0.717) is 23.8 Å². The van der Waals surface area contributed by atoms with Crippen LogP contribution in [0.4, 0.5) is 4.79 Å². The number of carbonyl (C=O) groups is 3. The monoisotopic (exact) mass is 485 g/mol. The number of rotatable bonds is 8. The van der Waals surface area contributed by atoms with Crippen molar-refractivity contribution >= 4 is 24.1 Å². The first-order chi connectivity index (χ1) is 16.4. The number of amides is 3. The molecule has 0 radical (unpaired) electrons. The molecule has 0 spiro atoms. The Hall–Kier alpha value is -2.84. The molecule has 0 saturated heterocycles. The first-order valence-electron chi connectivity index (χ1n) is 12.7. The molecule has 4 bridgehead atoms. The second-order valence-corrected chi connectivity index (χ2v) is 11.8. The molecule has 4 fully saturated rings. The molecule has 3 amide bonds. The zero-order valence-corrected chi connectivity index (χ0v) is 21.5. The highest BCUT2D eigenvalue weighted by Crippen LogP contribution is 2.57. The van der Waals surface area contributed by atoms with Crippen LogP contribution in [0.2, 0.25) is 0 Å². The van der Waals surface area contributed by atoms with Gasteiger partial charge in [-0.15, -0.1) is 0 Å². The van der Waals surface area contributed by atoms with Gasteiger partial charge in [0.05, 0.1) is 23.0 Å².